The fourth-order valence-electron chi connectivity index (χ4n) is 0.250. The summed E-state index contributed by atoms with van der Waals surface area (Å²) in [5.41, 5.74) is 0. The first kappa shape index (κ1) is 10.4. The third-order valence-corrected chi connectivity index (χ3v) is 1.50. The van der Waals surface area contributed by atoms with Crippen LogP contribution in [0.4, 0.5) is 0 Å². The topological polar surface area (TPSA) is 0 Å². The Bertz CT molecular complexity index is 15.0. The number of hydrogen-bond donors (Lipinski definition) is 0. The zero-order chi connectivity index (χ0) is 4.12. The molecule has 0 aromatic heterocycles. The normalized spacial score (nSPS) is 7.00. The first-order valence-electron chi connectivity index (χ1n) is 2.12. The Morgan fingerprint density at radius 2 is 1.50 bits per heavy atom. The minimum absolute atomic E-state index is 0. The quantitative estimate of drug-likeness (QED) is 0.372. The summed E-state index contributed by atoms with van der Waals surface area (Å²) in [5, 5.41) is 0. The van der Waals surface area contributed by atoms with Crippen molar-refractivity contribution < 1.29 is 0 Å². The maximum absolute atomic E-state index is 2.22. The van der Waals surface area contributed by atoms with Crippen molar-refractivity contribution in [3.63, 3.8) is 0 Å². The Kier molecular flexibility index (Phi) is 16.8. The van der Waals surface area contributed by atoms with E-state index in [2.05, 4.69) is 13.8 Å². The van der Waals surface area contributed by atoms with Gasteiger partial charge in [0.25, 0.3) is 0 Å². The van der Waals surface area contributed by atoms with Gasteiger partial charge in [0.05, 0.1) is 0 Å². The van der Waals surface area contributed by atoms with Crippen molar-refractivity contribution in [2.45, 2.75) is 13.8 Å². The fraction of sp³-hybridized carbons (Fsp3) is 1.00. The van der Waals surface area contributed by atoms with Gasteiger partial charge in [-0.1, -0.05) is 13.8 Å². The van der Waals surface area contributed by atoms with Gasteiger partial charge in [0.2, 0.25) is 0 Å². The van der Waals surface area contributed by atoms with Gasteiger partial charge in [-0.15, -0.1) is 8.58 Å². The fourth-order valence-corrected chi connectivity index (χ4v) is 0.750. The molecule has 0 radical (unpaired) electrons. The molecule has 0 atom stereocenters. The molecule has 0 heterocycles. The molecule has 0 aliphatic rings. The van der Waals surface area contributed by atoms with Crippen LogP contribution in [-0.4, -0.2) is 41.9 Å². The van der Waals surface area contributed by atoms with Crippen molar-refractivity contribution in [2.24, 2.45) is 0 Å². The molecule has 34 valence electrons. The second-order valence-electron chi connectivity index (χ2n) is 0.957. The molecule has 0 saturated carbocycles. The van der Waals surface area contributed by atoms with Gasteiger partial charge in [-0.05, 0) is 12.3 Å². The summed E-state index contributed by atoms with van der Waals surface area (Å²) in [6.07, 6.45) is 2.74. The van der Waals surface area contributed by atoms with Crippen LogP contribution in [0.25, 0.3) is 0 Å². The number of rotatable bonds is 2. The van der Waals surface area contributed by atoms with Gasteiger partial charge in [-0.25, -0.2) is 0 Å². The molecule has 0 unspecified atom stereocenters. The Balaban J connectivity index is 0. The second-order valence-corrected chi connectivity index (χ2v) is 2.87. The monoisotopic (exact) mass is 114 g/mol. The van der Waals surface area contributed by atoms with Crippen LogP contribution in [0.15, 0.2) is 0 Å². The van der Waals surface area contributed by atoms with Crippen molar-refractivity contribution in [1.82, 2.24) is 0 Å². The second kappa shape index (κ2) is 9.66. The predicted molar refractivity (Wildman–Crippen MR) is 36.5 cm³/mol. The van der Waals surface area contributed by atoms with Crippen LogP contribution in [0.5, 0.6) is 0 Å². The Morgan fingerprint density at radius 3 is 1.50 bits per heavy atom. The zero-order valence-corrected chi connectivity index (χ0v) is 4.91. The van der Waals surface area contributed by atoms with Gasteiger partial charge in [-0.3, -0.25) is 0 Å². The van der Waals surface area contributed by atoms with Crippen LogP contribution in [0.1, 0.15) is 13.8 Å². The SMILES string of the molecule is CCPCC.[NaH]. The third-order valence-electron chi connectivity index (χ3n) is 0.500. The van der Waals surface area contributed by atoms with E-state index in [1.54, 1.807) is 0 Å². The minimum atomic E-state index is 0. The molecule has 0 fully saturated rings. The summed E-state index contributed by atoms with van der Waals surface area (Å²) >= 11 is 0. The third kappa shape index (κ3) is 9.06. The Hall–Kier alpha value is 1.43. The molecule has 0 rings (SSSR count). The summed E-state index contributed by atoms with van der Waals surface area (Å²) in [7, 11) is 1.20. The molecule has 0 bridgehead atoms. The van der Waals surface area contributed by atoms with Crippen LogP contribution < -0.4 is 0 Å². The van der Waals surface area contributed by atoms with E-state index in [9.17, 15) is 0 Å². The van der Waals surface area contributed by atoms with Gasteiger partial charge in [-0.2, -0.15) is 0 Å². The maximum atomic E-state index is 2.22. The average Bonchev–Trinajstić information content (AvgIpc) is 1.41. The van der Waals surface area contributed by atoms with Gasteiger partial charge in [0.1, 0.15) is 0 Å². The van der Waals surface area contributed by atoms with E-state index in [4.69, 9.17) is 0 Å². The average molecular weight is 114 g/mol. The summed E-state index contributed by atoms with van der Waals surface area (Å²) in [6, 6.07) is 0. The van der Waals surface area contributed by atoms with Crippen LogP contribution in [0.3, 0.4) is 0 Å². The van der Waals surface area contributed by atoms with Crippen molar-refractivity contribution in [2.75, 3.05) is 12.3 Å². The van der Waals surface area contributed by atoms with E-state index < -0.39 is 0 Å². The summed E-state index contributed by atoms with van der Waals surface area (Å²) < 4.78 is 0. The first-order chi connectivity index (χ1) is 2.41. The molecule has 0 aromatic rings. The number of hydrogen-bond acceptors (Lipinski definition) is 0. The molecule has 0 N–H and O–H groups in total. The van der Waals surface area contributed by atoms with E-state index in [0.717, 1.165) is 0 Å². The zero-order valence-electron chi connectivity index (χ0n) is 3.91. The molecule has 0 saturated heterocycles. The van der Waals surface area contributed by atoms with E-state index in [1.165, 1.54) is 20.9 Å². The molecule has 0 aliphatic carbocycles. The summed E-state index contributed by atoms with van der Waals surface area (Å²) in [5.74, 6) is 0. The molecule has 0 spiro atoms. The molecule has 0 amide bonds. The van der Waals surface area contributed by atoms with E-state index >= 15 is 0 Å². The molecule has 0 aliphatic heterocycles. The van der Waals surface area contributed by atoms with Gasteiger partial charge in [0.15, 0.2) is 0 Å². The van der Waals surface area contributed by atoms with Crippen molar-refractivity contribution >= 4 is 38.1 Å². The first-order valence-corrected chi connectivity index (χ1v) is 3.54. The van der Waals surface area contributed by atoms with Crippen LogP contribution >= 0.6 is 8.58 Å². The predicted octanol–water partition coefficient (Wildman–Crippen LogP) is 1.06. The van der Waals surface area contributed by atoms with E-state index in [-0.39, 0.29) is 29.6 Å². The Morgan fingerprint density at radius 1 is 1.17 bits per heavy atom. The van der Waals surface area contributed by atoms with Crippen LogP contribution in [0, 0.1) is 0 Å². The van der Waals surface area contributed by atoms with Crippen molar-refractivity contribution in [3.05, 3.63) is 0 Å². The van der Waals surface area contributed by atoms with Gasteiger partial charge >= 0.3 is 29.6 Å². The van der Waals surface area contributed by atoms with Gasteiger partial charge < -0.3 is 0 Å². The van der Waals surface area contributed by atoms with E-state index in [1.807, 2.05) is 0 Å². The van der Waals surface area contributed by atoms with Crippen molar-refractivity contribution in [3.8, 4) is 0 Å². The van der Waals surface area contributed by atoms with Crippen LogP contribution in [0.2, 0.25) is 0 Å². The molecule has 0 aromatic carbocycles. The molecular weight excluding hydrogens is 102 g/mol. The molecule has 2 heteroatoms. The van der Waals surface area contributed by atoms with Crippen molar-refractivity contribution in [1.29, 1.82) is 0 Å². The summed E-state index contributed by atoms with van der Waals surface area (Å²) in [4.78, 5) is 0. The standard InChI is InChI=1S/C4H11P.Na.H/c1-3-5-4-2;;/h5H,3-4H2,1-2H3;;. The molecule has 6 heavy (non-hydrogen) atoms. The summed E-state index contributed by atoms with van der Waals surface area (Å²) in [6.45, 7) is 4.45. The molecule has 0 nitrogen and oxygen atoms in total. The van der Waals surface area contributed by atoms with Gasteiger partial charge in [0, 0.05) is 0 Å². The van der Waals surface area contributed by atoms with Crippen LogP contribution in [-0.2, 0) is 0 Å². The molecular formula is C4H12NaP. The Labute approximate surface area is 64.2 Å². The van der Waals surface area contributed by atoms with E-state index in [0.29, 0.717) is 0 Å².